The van der Waals surface area contributed by atoms with Crippen molar-refractivity contribution in [2.24, 2.45) is 0 Å². The van der Waals surface area contributed by atoms with E-state index in [0.29, 0.717) is 0 Å². The van der Waals surface area contributed by atoms with Gasteiger partial charge < -0.3 is 5.32 Å². The zero-order valence-electron chi connectivity index (χ0n) is 10.7. The third-order valence-electron chi connectivity index (χ3n) is 2.84. The van der Waals surface area contributed by atoms with Crippen LogP contribution in [0.4, 0.5) is 0 Å². The second kappa shape index (κ2) is 6.17. The molecule has 2 rings (SSSR count). The summed E-state index contributed by atoms with van der Waals surface area (Å²) in [5, 5.41) is 8.04. The Labute approximate surface area is 108 Å². The van der Waals surface area contributed by atoms with Crippen molar-refractivity contribution < 1.29 is 0 Å². The first-order valence-electron chi connectivity index (χ1n) is 6.30. The van der Waals surface area contributed by atoms with Gasteiger partial charge >= 0.3 is 0 Å². The minimum atomic E-state index is 0.248. The number of aromatic nitrogens is 2. The SMILES string of the molecule is C=CCC(NCC)c1ccn(-c2ccccc2)n1. The molecule has 0 saturated carbocycles. The van der Waals surface area contributed by atoms with Gasteiger partial charge in [0, 0.05) is 6.20 Å². The van der Waals surface area contributed by atoms with Gasteiger partial charge in [-0.15, -0.1) is 6.58 Å². The number of benzene rings is 1. The normalized spacial score (nSPS) is 12.3. The zero-order chi connectivity index (χ0) is 12.8. The summed E-state index contributed by atoms with van der Waals surface area (Å²) in [7, 11) is 0. The fourth-order valence-electron chi connectivity index (χ4n) is 1.97. The van der Waals surface area contributed by atoms with Gasteiger partial charge in [0.2, 0.25) is 0 Å². The van der Waals surface area contributed by atoms with Gasteiger partial charge in [-0.2, -0.15) is 5.10 Å². The molecule has 1 atom stereocenters. The molecule has 1 heterocycles. The third kappa shape index (κ3) is 2.87. The van der Waals surface area contributed by atoms with Crippen LogP contribution in [-0.2, 0) is 0 Å². The molecule has 2 aromatic rings. The second-order valence-electron chi connectivity index (χ2n) is 4.16. The van der Waals surface area contributed by atoms with Crippen LogP contribution in [0.2, 0.25) is 0 Å². The van der Waals surface area contributed by atoms with Gasteiger partial charge in [0.05, 0.1) is 17.4 Å². The van der Waals surface area contributed by atoms with Gasteiger partial charge in [-0.05, 0) is 31.2 Å². The van der Waals surface area contributed by atoms with Gasteiger partial charge in [-0.25, -0.2) is 4.68 Å². The van der Waals surface area contributed by atoms with Crippen molar-refractivity contribution in [3.8, 4) is 5.69 Å². The van der Waals surface area contributed by atoms with Gasteiger partial charge in [0.25, 0.3) is 0 Å². The largest absolute Gasteiger partial charge is 0.309 e. The number of hydrogen-bond acceptors (Lipinski definition) is 2. The Morgan fingerprint density at radius 1 is 1.33 bits per heavy atom. The molecule has 0 spiro atoms. The molecule has 3 heteroatoms. The molecule has 1 aromatic heterocycles. The lowest BCUT2D eigenvalue weighted by Crippen LogP contribution is -2.20. The Morgan fingerprint density at radius 3 is 2.78 bits per heavy atom. The fraction of sp³-hybridized carbons (Fsp3) is 0.267. The fourth-order valence-corrected chi connectivity index (χ4v) is 1.97. The molecule has 0 aliphatic heterocycles. The van der Waals surface area contributed by atoms with E-state index in [9.17, 15) is 0 Å². The molecule has 0 aliphatic carbocycles. The van der Waals surface area contributed by atoms with Gasteiger partial charge in [0.1, 0.15) is 0 Å². The molecule has 1 aromatic carbocycles. The van der Waals surface area contributed by atoms with Crippen LogP contribution in [-0.4, -0.2) is 16.3 Å². The number of hydrogen-bond donors (Lipinski definition) is 1. The van der Waals surface area contributed by atoms with Crippen molar-refractivity contribution in [1.82, 2.24) is 15.1 Å². The highest BCUT2D eigenvalue weighted by atomic mass is 15.3. The topological polar surface area (TPSA) is 29.9 Å². The minimum absolute atomic E-state index is 0.248. The maximum atomic E-state index is 4.62. The molecular formula is C15H19N3. The second-order valence-corrected chi connectivity index (χ2v) is 4.16. The Morgan fingerprint density at radius 2 is 2.11 bits per heavy atom. The summed E-state index contributed by atoms with van der Waals surface area (Å²) in [5.74, 6) is 0. The van der Waals surface area contributed by atoms with Crippen LogP contribution in [0.1, 0.15) is 25.1 Å². The summed E-state index contributed by atoms with van der Waals surface area (Å²) < 4.78 is 1.91. The van der Waals surface area contributed by atoms with Crippen LogP contribution in [0, 0.1) is 0 Å². The van der Waals surface area contributed by atoms with E-state index in [-0.39, 0.29) is 6.04 Å². The first kappa shape index (κ1) is 12.6. The lowest BCUT2D eigenvalue weighted by molar-refractivity contribution is 0.540. The maximum absolute atomic E-state index is 4.62. The van der Waals surface area contributed by atoms with Crippen molar-refractivity contribution >= 4 is 0 Å². The van der Waals surface area contributed by atoms with Gasteiger partial charge in [-0.3, -0.25) is 0 Å². The van der Waals surface area contributed by atoms with E-state index in [0.717, 1.165) is 24.3 Å². The smallest absolute Gasteiger partial charge is 0.0801 e. The molecule has 1 N–H and O–H groups in total. The Hall–Kier alpha value is -1.87. The molecule has 0 fully saturated rings. The quantitative estimate of drug-likeness (QED) is 0.788. The number of nitrogens with zero attached hydrogens (tertiary/aromatic N) is 2. The summed E-state index contributed by atoms with van der Waals surface area (Å²) in [5.41, 5.74) is 2.14. The van der Waals surface area contributed by atoms with Crippen LogP contribution in [0.5, 0.6) is 0 Å². The molecule has 18 heavy (non-hydrogen) atoms. The van der Waals surface area contributed by atoms with Gasteiger partial charge in [0.15, 0.2) is 0 Å². The molecule has 0 radical (unpaired) electrons. The summed E-state index contributed by atoms with van der Waals surface area (Å²) in [6.07, 6.45) is 4.81. The summed E-state index contributed by atoms with van der Waals surface area (Å²) in [6, 6.07) is 12.4. The van der Waals surface area contributed by atoms with Crippen LogP contribution in [0.3, 0.4) is 0 Å². The highest BCUT2D eigenvalue weighted by molar-refractivity contribution is 5.30. The lowest BCUT2D eigenvalue weighted by atomic mass is 10.1. The van der Waals surface area contributed by atoms with Crippen molar-refractivity contribution in [2.45, 2.75) is 19.4 Å². The van der Waals surface area contributed by atoms with Crippen LogP contribution < -0.4 is 5.32 Å². The standard InChI is InChI=1S/C15H19N3/c1-3-8-14(16-4-2)15-11-12-18(17-15)13-9-6-5-7-10-13/h3,5-7,9-12,14,16H,1,4,8H2,2H3. The predicted octanol–water partition coefficient (Wildman–Crippen LogP) is 3.10. The van der Waals surface area contributed by atoms with E-state index >= 15 is 0 Å². The Bertz CT molecular complexity index is 487. The Balaban J connectivity index is 2.21. The first-order valence-corrected chi connectivity index (χ1v) is 6.30. The predicted molar refractivity (Wildman–Crippen MR) is 74.8 cm³/mol. The highest BCUT2D eigenvalue weighted by Gasteiger charge is 2.11. The van der Waals surface area contributed by atoms with Crippen LogP contribution in [0.15, 0.2) is 55.3 Å². The van der Waals surface area contributed by atoms with E-state index in [1.165, 1.54) is 0 Å². The molecule has 0 amide bonds. The summed E-state index contributed by atoms with van der Waals surface area (Å²) in [4.78, 5) is 0. The molecule has 0 saturated heterocycles. The van der Waals surface area contributed by atoms with Crippen molar-refractivity contribution in [3.63, 3.8) is 0 Å². The maximum Gasteiger partial charge on any atom is 0.0801 e. The average molecular weight is 241 g/mol. The third-order valence-corrected chi connectivity index (χ3v) is 2.84. The number of para-hydroxylation sites is 1. The number of nitrogens with one attached hydrogen (secondary N) is 1. The van der Waals surface area contributed by atoms with Crippen molar-refractivity contribution in [1.29, 1.82) is 0 Å². The zero-order valence-corrected chi connectivity index (χ0v) is 10.7. The summed E-state index contributed by atoms with van der Waals surface area (Å²) >= 11 is 0. The van der Waals surface area contributed by atoms with Gasteiger partial charge in [-0.1, -0.05) is 31.2 Å². The van der Waals surface area contributed by atoms with E-state index in [1.54, 1.807) is 0 Å². The van der Waals surface area contributed by atoms with E-state index in [4.69, 9.17) is 0 Å². The van der Waals surface area contributed by atoms with Crippen LogP contribution >= 0.6 is 0 Å². The van der Waals surface area contributed by atoms with E-state index in [1.807, 2.05) is 47.3 Å². The van der Waals surface area contributed by atoms with E-state index in [2.05, 4.69) is 30.0 Å². The van der Waals surface area contributed by atoms with Crippen molar-refractivity contribution in [3.05, 3.63) is 60.9 Å². The van der Waals surface area contributed by atoms with Crippen LogP contribution in [0.25, 0.3) is 5.69 Å². The Kier molecular flexibility index (Phi) is 4.31. The lowest BCUT2D eigenvalue weighted by Gasteiger charge is -2.13. The monoisotopic (exact) mass is 241 g/mol. The molecule has 0 aliphatic rings. The highest BCUT2D eigenvalue weighted by Crippen LogP contribution is 2.16. The van der Waals surface area contributed by atoms with E-state index < -0.39 is 0 Å². The average Bonchev–Trinajstić information content (AvgIpc) is 2.89. The molecule has 0 bridgehead atoms. The first-order chi connectivity index (χ1) is 8.85. The number of rotatable bonds is 6. The molecule has 94 valence electrons. The molecule has 1 unspecified atom stereocenters. The summed E-state index contributed by atoms with van der Waals surface area (Å²) in [6.45, 7) is 6.83. The van der Waals surface area contributed by atoms with Crippen molar-refractivity contribution in [2.75, 3.05) is 6.54 Å². The minimum Gasteiger partial charge on any atom is -0.309 e. The molecular weight excluding hydrogens is 222 g/mol. The molecule has 3 nitrogen and oxygen atoms in total.